The molecule has 2 aromatic heterocycles. The zero-order chi connectivity index (χ0) is 23.5. The predicted octanol–water partition coefficient (Wildman–Crippen LogP) is 4.08. The molecule has 4 rings (SSSR count). The number of benzene rings is 1. The van der Waals surface area contributed by atoms with Crippen LogP contribution in [0.25, 0.3) is 10.2 Å². The first kappa shape index (κ1) is 23.7. The molecule has 10 heteroatoms. The van der Waals surface area contributed by atoms with Gasteiger partial charge in [0.1, 0.15) is 4.83 Å². The number of nitrogens with one attached hydrogen (secondary N) is 2. The normalized spacial score (nSPS) is 15.2. The molecule has 1 unspecified atom stereocenters. The van der Waals surface area contributed by atoms with Crippen molar-refractivity contribution in [2.75, 3.05) is 5.75 Å². The number of aromatic nitrogens is 2. The largest absolute Gasteiger partial charge is 0.283 e. The second kappa shape index (κ2) is 10.2. The third kappa shape index (κ3) is 5.23. The Labute approximate surface area is 207 Å². The van der Waals surface area contributed by atoms with Gasteiger partial charge in [-0.15, -0.1) is 17.9 Å². The lowest BCUT2D eigenvalue weighted by atomic mass is 9.89. The maximum Gasteiger partial charge on any atom is 0.269 e. The fraction of sp³-hybridized carbons (Fsp3) is 0.304. The van der Waals surface area contributed by atoms with Gasteiger partial charge in [-0.25, -0.2) is 4.98 Å². The number of carbonyl (C=O) groups is 2. The molecule has 1 atom stereocenters. The highest BCUT2D eigenvalue weighted by molar-refractivity contribution is 9.10. The lowest BCUT2D eigenvalue weighted by Gasteiger charge is -2.17. The molecule has 1 aliphatic carbocycles. The minimum atomic E-state index is -0.414. The van der Waals surface area contributed by atoms with Gasteiger partial charge >= 0.3 is 0 Å². The molecule has 172 valence electrons. The predicted molar refractivity (Wildman–Crippen MR) is 136 cm³/mol. The lowest BCUT2D eigenvalue weighted by Crippen LogP contribution is -2.42. The monoisotopic (exact) mass is 546 g/mol. The van der Waals surface area contributed by atoms with Gasteiger partial charge in [0.05, 0.1) is 11.1 Å². The van der Waals surface area contributed by atoms with E-state index >= 15 is 0 Å². The summed E-state index contributed by atoms with van der Waals surface area (Å²) in [5.74, 6) is -0.213. The Morgan fingerprint density at radius 2 is 2.09 bits per heavy atom. The van der Waals surface area contributed by atoms with Crippen LogP contribution in [0.15, 0.2) is 51.3 Å². The number of hydrazine groups is 1. The van der Waals surface area contributed by atoms with Crippen LogP contribution in [0, 0.1) is 5.92 Å². The average Bonchev–Trinajstić information content (AvgIpc) is 3.16. The molecule has 3 aromatic rings. The third-order valence-corrected chi connectivity index (χ3v) is 8.10. The molecule has 0 spiro atoms. The summed E-state index contributed by atoms with van der Waals surface area (Å²) in [6, 6.07) is 6.79. The van der Waals surface area contributed by atoms with Gasteiger partial charge in [-0.2, -0.15) is 0 Å². The van der Waals surface area contributed by atoms with E-state index in [4.69, 9.17) is 4.98 Å². The number of allylic oxidation sites excluding steroid dienone is 1. The van der Waals surface area contributed by atoms with E-state index in [0.717, 1.165) is 45.9 Å². The Morgan fingerprint density at radius 1 is 1.33 bits per heavy atom. The summed E-state index contributed by atoms with van der Waals surface area (Å²) in [6.07, 6.45) is 4.59. The molecule has 2 amide bonds. The van der Waals surface area contributed by atoms with Crippen LogP contribution in [0.1, 0.15) is 34.1 Å². The molecule has 2 N–H and O–H groups in total. The van der Waals surface area contributed by atoms with Gasteiger partial charge in [0.25, 0.3) is 11.5 Å². The molecule has 33 heavy (non-hydrogen) atoms. The molecule has 0 aliphatic heterocycles. The second-order valence-electron chi connectivity index (χ2n) is 7.93. The van der Waals surface area contributed by atoms with Crippen molar-refractivity contribution in [2.45, 2.75) is 37.9 Å². The maximum absolute atomic E-state index is 13.3. The van der Waals surface area contributed by atoms with Crippen LogP contribution < -0.4 is 16.4 Å². The van der Waals surface area contributed by atoms with Crippen LogP contribution in [-0.2, 0) is 24.2 Å². The third-order valence-electron chi connectivity index (χ3n) is 5.45. The van der Waals surface area contributed by atoms with Crippen molar-refractivity contribution in [1.29, 1.82) is 0 Å². The van der Waals surface area contributed by atoms with Gasteiger partial charge in [-0.1, -0.05) is 40.7 Å². The number of carbonyl (C=O) groups excluding carboxylic acids is 2. The number of halogens is 1. The van der Waals surface area contributed by atoms with Crippen LogP contribution in [0.5, 0.6) is 0 Å². The van der Waals surface area contributed by atoms with Gasteiger partial charge in [0.15, 0.2) is 5.16 Å². The number of hydrogen-bond donors (Lipinski definition) is 2. The topological polar surface area (TPSA) is 93.1 Å². The Balaban J connectivity index is 1.48. The van der Waals surface area contributed by atoms with Gasteiger partial charge in [0, 0.05) is 21.5 Å². The summed E-state index contributed by atoms with van der Waals surface area (Å²) in [5.41, 5.74) is 6.29. The highest BCUT2D eigenvalue weighted by Crippen LogP contribution is 2.36. The zero-order valence-electron chi connectivity index (χ0n) is 18.0. The van der Waals surface area contributed by atoms with Gasteiger partial charge < -0.3 is 0 Å². The highest BCUT2D eigenvalue weighted by Gasteiger charge is 2.24. The number of aryl methyl sites for hydroxylation is 1. The number of nitrogens with zero attached hydrogens (tertiary/aromatic N) is 2. The van der Waals surface area contributed by atoms with E-state index in [9.17, 15) is 14.4 Å². The van der Waals surface area contributed by atoms with E-state index in [2.05, 4.69) is 40.3 Å². The quantitative estimate of drug-likeness (QED) is 0.210. The molecular formula is C23H23BrN4O3S2. The second-order valence-corrected chi connectivity index (χ2v) is 10.9. The van der Waals surface area contributed by atoms with E-state index in [0.29, 0.717) is 28.6 Å². The molecule has 0 saturated carbocycles. The number of rotatable bonds is 6. The van der Waals surface area contributed by atoms with Crippen LogP contribution in [0.2, 0.25) is 0 Å². The summed E-state index contributed by atoms with van der Waals surface area (Å²) in [7, 11) is 0. The van der Waals surface area contributed by atoms with Crippen LogP contribution in [0.4, 0.5) is 0 Å². The summed E-state index contributed by atoms with van der Waals surface area (Å²) >= 11 is 6.06. The zero-order valence-corrected chi connectivity index (χ0v) is 21.2. The first-order chi connectivity index (χ1) is 15.9. The first-order valence-corrected chi connectivity index (χ1v) is 13.1. The van der Waals surface area contributed by atoms with Gasteiger partial charge in [-0.05, 0) is 55.0 Å². The van der Waals surface area contributed by atoms with E-state index in [1.165, 1.54) is 4.88 Å². The molecule has 0 fully saturated rings. The van der Waals surface area contributed by atoms with Crippen LogP contribution in [0.3, 0.4) is 0 Å². The van der Waals surface area contributed by atoms with Gasteiger partial charge in [0.2, 0.25) is 5.91 Å². The van der Waals surface area contributed by atoms with Crippen molar-refractivity contribution in [3.05, 3.63) is 67.8 Å². The summed E-state index contributed by atoms with van der Waals surface area (Å²) in [6.45, 7) is 6.30. The molecular weight excluding hydrogens is 524 g/mol. The molecule has 2 heterocycles. The molecule has 7 nitrogen and oxygen atoms in total. The number of amides is 2. The Kier molecular flexibility index (Phi) is 7.35. The number of thioether (sulfide) groups is 1. The minimum absolute atomic E-state index is 0.00215. The van der Waals surface area contributed by atoms with Crippen LogP contribution >= 0.6 is 39.0 Å². The van der Waals surface area contributed by atoms with E-state index < -0.39 is 11.8 Å². The van der Waals surface area contributed by atoms with E-state index in [1.54, 1.807) is 46.2 Å². The molecule has 0 bridgehead atoms. The molecule has 1 aromatic carbocycles. The highest BCUT2D eigenvalue weighted by atomic mass is 79.9. The fourth-order valence-corrected chi connectivity index (χ4v) is 6.27. The Morgan fingerprint density at radius 3 is 2.82 bits per heavy atom. The summed E-state index contributed by atoms with van der Waals surface area (Å²) < 4.78 is 2.43. The SMILES string of the molecule is C=CCn1c(SCC(=O)NNC(=O)c2ccc(Br)cc2)nc2sc3c(c2c1=O)CCC(C)C3. The minimum Gasteiger partial charge on any atom is -0.283 e. The van der Waals surface area contributed by atoms with Crippen molar-refractivity contribution in [1.82, 2.24) is 20.4 Å². The summed E-state index contributed by atoms with van der Waals surface area (Å²) in [4.78, 5) is 44.5. The van der Waals surface area contributed by atoms with Crippen molar-refractivity contribution < 1.29 is 9.59 Å². The maximum atomic E-state index is 13.3. The smallest absolute Gasteiger partial charge is 0.269 e. The molecule has 0 saturated heterocycles. The van der Waals surface area contributed by atoms with Crippen molar-refractivity contribution in [3.63, 3.8) is 0 Å². The Hall–Kier alpha value is -2.43. The first-order valence-electron chi connectivity index (χ1n) is 10.5. The number of hydrogen-bond acceptors (Lipinski definition) is 6. The lowest BCUT2D eigenvalue weighted by molar-refractivity contribution is -0.119. The van der Waals surface area contributed by atoms with Gasteiger partial charge in [-0.3, -0.25) is 29.8 Å². The van der Waals surface area contributed by atoms with E-state index in [-0.39, 0.29) is 11.3 Å². The van der Waals surface area contributed by atoms with Crippen molar-refractivity contribution in [2.24, 2.45) is 5.92 Å². The van der Waals surface area contributed by atoms with Crippen LogP contribution in [-0.4, -0.2) is 27.1 Å². The summed E-state index contributed by atoms with van der Waals surface area (Å²) in [5, 5.41) is 1.17. The average molecular weight is 548 g/mol. The molecule has 0 radical (unpaired) electrons. The van der Waals surface area contributed by atoms with Crippen molar-refractivity contribution >= 4 is 61.1 Å². The number of fused-ring (bicyclic) bond motifs is 3. The standard InChI is InChI=1S/C23H23BrN4O3S2/c1-3-10-28-22(31)19-16-9-4-13(2)11-17(16)33-21(19)25-23(28)32-12-18(29)26-27-20(30)14-5-7-15(24)8-6-14/h3,5-8,13H,1,4,9-12H2,2H3,(H,26,29)(H,27,30). The Bertz CT molecular complexity index is 1280. The number of thiophene rings is 1. The van der Waals surface area contributed by atoms with E-state index in [1.807, 2.05) is 0 Å². The fourth-order valence-electron chi connectivity index (χ4n) is 3.77. The van der Waals surface area contributed by atoms with Crippen molar-refractivity contribution in [3.8, 4) is 0 Å². The molecule has 1 aliphatic rings.